The van der Waals surface area contributed by atoms with Crippen LogP contribution < -0.4 is 0 Å². The summed E-state index contributed by atoms with van der Waals surface area (Å²) in [5.41, 5.74) is 6.52. The molecule has 6 nitrogen and oxygen atoms in total. The molecular weight excluding hydrogens is 529 g/mol. The van der Waals surface area contributed by atoms with Crippen LogP contribution >= 0.6 is 0 Å². The molecule has 0 spiro atoms. The van der Waals surface area contributed by atoms with Crippen LogP contribution in [-0.2, 0) is 11.3 Å². The number of carbonyl (C=O) groups is 2. The maximum absolute atomic E-state index is 14.2. The van der Waals surface area contributed by atoms with Crippen molar-refractivity contribution >= 4 is 28.9 Å². The van der Waals surface area contributed by atoms with E-state index in [-0.39, 0.29) is 11.5 Å². The van der Waals surface area contributed by atoms with Crippen molar-refractivity contribution in [3.8, 4) is 11.3 Å². The van der Waals surface area contributed by atoms with Gasteiger partial charge in [0.25, 0.3) is 5.91 Å². The van der Waals surface area contributed by atoms with Gasteiger partial charge in [-0.2, -0.15) is 0 Å². The minimum Gasteiger partial charge on any atom is -0.478 e. The fourth-order valence-corrected chi connectivity index (χ4v) is 8.01. The molecule has 3 aromatic rings. The third-order valence-electron chi connectivity index (χ3n) is 10.2. The molecular formula is C35H40FN3O3. The number of aromatic carboxylic acids is 1. The smallest absolute Gasteiger partial charge is 0.335 e. The van der Waals surface area contributed by atoms with Gasteiger partial charge in [0.1, 0.15) is 6.17 Å². The van der Waals surface area contributed by atoms with Crippen LogP contribution in [0.25, 0.3) is 28.2 Å². The van der Waals surface area contributed by atoms with E-state index < -0.39 is 12.1 Å². The number of halogens is 1. The van der Waals surface area contributed by atoms with Crippen LogP contribution in [0.5, 0.6) is 0 Å². The summed E-state index contributed by atoms with van der Waals surface area (Å²) in [4.78, 5) is 30.6. The maximum Gasteiger partial charge on any atom is 0.335 e. The van der Waals surface area contributed by atoms with Crippen LogP contribution in [0.2, 0.25) is 0 Å². The predicted octanol–water partition coefficient (Wildman–Crippen LogP) is 6.88. The van der Waals surface area contributed by atoms with Gasteiger partial charge in [-0.15, -0.1) is 0 Å². The molecule has 1 amide bonds. The minimum atomic E-state index is -0.939. The van der Waals surface area contributed by atoms with Gasteiger partial charge < -0.3 is 19.5 Å². The van der Waals surface area contributed by atoms with Gasteiger partial charge in [-0.05, 0) is 73.8 Å². The number of benzene rings is 2. The highest BCUT2D eigenvalue weighted by molar-refractivity contribution is 6.03. The van der Waals surface area contributed by atoms with Crippen LogP contribution in [0.4, 0.5) is 4.39 Å². The molecule has 1 aromatic heterocycles. The Bertz CT molecular complexity index is 1540. The molecule has 0 atom stereocenters. The fraction of sp³-hybridized carbons (Fsp3) is 0.486. The Kier molecular flexibility index (Phi) is 7.39. The zero-order valence-corrected chi connectivity index (χ0v) is 24.2. The van der Waals surface area contributed by atoms with Gasteiger partial charge in [0, 0.05) is 54.3 Å². The van der Waals surface area contributed by atoms with Crippen LogP contribution in [0.3, 0.4) is 0 Å². The highest BCUT2D eigenvalue weighted by Gasteiger charge is 2.33. The molecule has 3 fully saturated rings. The van der Waals surface area contributed by atoms with Crippen molar-refractivity contribution in [2.24, 2.45) is 0 Å². The fourth-order valence-electron chi connectivity index (χ4n) is 8.01. The van der Waals surface area contributed by atoms with Crippen LogP contribution in [-0.4, -0.2) is 69.7 Å². The van der Waals surface area contributed by atoms with E-state index in [2.05, 4.69) is 33.7 Å². The van der Waals surface area contributed by atoms with Crippen molar-refractivity contribution in [3.63, 3.8) is 0 Å². The number of alkyl halides is 1. The molecule has 7 heteroatoms. The lowest BCUT2D eigenvalue weighted by atomic mass is 9.81. The van der Waals surface area contributed by atoms with E-state index in [9.17, 15) is 19.1 Å². The summed E-state index contributed by atoms with van der Waals surface area (Å²) in [7, 11) is 0. The summed E-state index contributed by atoms with van der Waals surface area (Å²) < 4.78 is 15.9. The van der Waals surface area contributed by atoms with Crippen LogP contribution in [0.1, 0.15) is 85.2 Å². The number of aromatic nitrogens is 1. The van der Waals surface area contributed by atoms with Crippen molar-refractivity contribution in [1.29, 1.82) is 0 Å². The number of nitrogens with zero attached hydrogens (tertiary/aromatic N) is 3. The molecule has 3 aliphatic heterocycles. The molecule has 7 rings (SSSR count). The SMILES string of the molecule is O=C(O)c1ccc2c(C3CCCCC3)c3n(c2c1)CC(C(=O)N1CCC(N2CCC(F)CC2)CC1)=Cc1ccccc1-3. The van der Waals surface area contributed by atoms with E-state index in [0.717, 1.165) is 72.1 Å². The van der Waals surface area contributed by atoms with Crippen molar-refractivity contribution in [1.82, 2.24) is 14.4 Å². The van der Waals surface area contributed by atoms with Gasteiger partial charge in [0.05, 0.1) is 17.8 Å². The van der Waals surface area contributed by atoms with Crippen LogP contribution in [0, 0.1) is 0 Å². The normalized spacial score (nSPS) is 21.1. The Hall–Kier alpha value is -3.45. The van der Waals surface area contributed by atoms with Crippen molar-refractivity contribution in [2.75, 3.05) is 26.2 Å². The second kappa shape index (κ2) is 11.3. The Morgan fingerprint density at radius 3 is 2.33 bits per heavy atom. The highest BCUT2D eigenvalue weighted by Crippen LogP contribution is 2.46. The average Bonchev–Trinajstić information content (AvgIpc) is 3.24. The lowest BCUT2D eigenvalue weighted by Crippen LogP contribution is -2.49. The second-order valence-electron chi connectivity index (χ2n) is 12.7. The molecule has 4 aliphatic rings. The minimum absolute atomic E-state index is 0.0639. The van der Waals surface area contributed by atoms with E-state index in [1.54, 1.807) is 12.1 Å². The number of fused-ring (bicyclic) bond motifs is 5. The largest absolute Gasteiger partial charge is 0.478 e. The summed E-state index contributed by atoms with van der Waals surface area (Å²) in [6.07, 6.45) is 10.4. The molecule has 220 valence electrons. The topological polar surface area (TPSA) is 65.8 Å². The summed E-state index contributed by atoms with van der Waals surface area (Å²) >= 11 is 0. The number of carboxylic acids is 1. The Balaban J connectivity index is 1.25. The molecule has 1 saturated carbocycles. The molecule has 2 saturated heterocycles. The summed E-state index contributed by atoms with van der Waals surface area (Å²) in [6, 6.07) is 14.3. The van der Waals surface area contributed by atoms with Gasteiger partial charge in [0.2, 0.25) is 0 Å². The lowest BCUT2D eigenvalue weighted by molar-refractivity contribution is -0.128. The molecule has 4 heterocycles. The number of hydrogen-bond donors (Lipinski definition) is 1. The molecule has 0 unspecified atom stereocenters. The molecule has 0 radical (unpaired) electrons. The van der Waals surface area contributed by atoms with E-state index in [1.807, 2.05) is 17.0 Å². The van der Waals surface area contributed by atoms with Crippen LogP contribution in [0.15, 0.2) is 48.0 Å². The lowest BCUT2D eigenvalue weighted by Gasteiger charge is -2.41. The first-order valence-corrected chi connectivity index (χ1v) is 15.8. The zero-order valence-electron chi connectivity index (χ0n) is 24.2. The number of amides is 1. The third kappa shape index (κ3) is 4.96. The standard InChI is InChI=1S/C35H40FN3O3/c36-27-12-16-37(17-13-27)28-14-18-38(19-15-28)34(40)26-20-24-8-4-5-9-29(24)33-32(23-6-2-1-3-7-23)30-11-10-25(35(41)42)21-31(30)39(33)22-26/h4-5,8-11,20-21,23,27-28H,1-3,6-7,12-19,22H2,(H,41,42). The highest BCUT2D eigenvalue weighted by atomic mass is 19.1. The molecule has 42 heavy (non-hydrogen) atoms. The number of hydrogen-bond acceptors (Lipinski definition) is 3. The Morgan fingerprint density at radius 1 is 0.857 bits per heavy atom. The van der Waals surface area contributed by atoms with Crippen molar-refractivity contribution in [3.05, 3.63) is 64.7 Å². The number of rotatable bonds is 4. The number of carboxylic acid groups (broad SMARTS) is 1. The summed E-state index contributed by atoms with van der Waals surface area (Å²) in [6.45, 7) is 3.44. The van der Waals surface area contributed by atoms with Crippen molar-refractivity contribution in [2.45, 2.75) is 82.5 Å². The monoisotopic (exact) mass is 569 g/mol. The average molecular weight is 570 g/mol. The second-order valence-corrected chi connectivity index (χ2v) is 12.7. The molecule has 0 bridgehead atoms. The number of piperidine rings is 2. The van der Waals surface area contributed by atoms with Gasteiger partial charge in [0.15, 0.2) is 0 Å². The zero-order chi connectivity index (χ0) is 28.8. The number of likely N-dealkylation sites (tertiary alicyclic amines) is 2. The number of carbonyl (C=O) groups excluding carboxylic acids is 1. The van der Waals surface area contributed by atoms with Crippen molar-refractivity contribution < 1.29 is 19.1 Å². The predicted molar refractivity (Wildman–Crippen MR) is 163 cm³/mol. The quantitative estimate of drug-likeness (QED) is 0.372. The van der Waals surface area contributed by atoms with Gasteiger partial charge in [-0.25, -0.2) is 9.18 Å². The van der Waals surface area contributed by atoms with E-state index in [1.165, 1.54) is 24.8 Å². The maximum atomic E-state index is 14.2. The van der Waals surface area contributed by atoms with Gasteiger partial charge >= 0.3 is 5.97 Å². The first-order valence-electron chi connectivity index (χ1n) is 15.8. The molecule has 1 N–H and O–H groups in total. The molecule has 2 aromatic carbocycles. The molecule has 1 aliphatic carbocycles. The van der Waals surface area contributed by atoms with Gasteiger partial charge in [-0.1, -0.05) is 49.6 Å². The first-order chi connectivity index (χ1) is 20.5. The third-order valence-corrected chi connectivity index (χ3v) is 10.2. The van der Waals surface area contributed by atoms with E-state index >= 15 is 0 Å². The van der Waals surface area contributed by atoms with E-state index in [0.29, 0.717) is 44.4 Å². The summed E-state index contributed by atoms with van der Waals surface area (Å²) in [5, 5.41) is 11.0. The van der Waals surface area contributed by atoms with E-state index in [4.69, 9.17) is 0 Å². The first kappa shape index (κ1) is 27.4. The Labute approximate surface area is 246 Å². The van der Waals surface area contributed by atoms with Gasteiger partial charge in [-0.3, -0.25) is 4.79 Å². The summed E-state index contributed by atoms with van der Waals surface area (Å²) in [5.74, 6) is -0.458. The Morgan fingerprint density at radius 2 is 1.60 bits per heavy atom.